The van der Waals surface area contributed by atoms with E-state index in [9.17, 15) is 29.4 Å². The molecule has 0 radical (unpaired) electrons. The highest BCUT2D eigenvalue weighted by Crippen LogP contribution is 2.09. The highest BCUT2D eigenvalue weighted by molar-refractivity contribution is 5.94. The van der Waals surface area contributed by atoms with Crippen molar-refractivity contribution in [3.05, 3.63) is 35.9 Å². The lowest BCUT2D eigenvalue weighted by atomic mass is 10.0. The fourth-order valence-corrected chi connectivity index (χ4v) is 3.35. The molecule has 35 heavy (non-hydrogen) atoms. The summed E-state index contributed by atoms with van der Waals surface area (Å²) >= 11 is 0. The van der Waals surface area contributed by atoms with Crippen LogP contribution in [0.25, 0.3) is 0 Å². The molecule has 0 aliphatic heterocycles. The summed E-state index contributed by atoms with van der Waals surface area (Å²) in [4.78, 5) is 50.1. The number of carbonyl (C=O) groups is 4. The number of rotatable bonds is 15. The fourth-order valence-electron chi connectivity index (χ4n) is 3.35. The summed E-state index contributed by atoms with van der Waals surface area (Å²) in [7, 11) is 0. The van der Waals surface area contributed by atoms with Gasteiger partial charge in [-0.3, -0.25) is 14.4 Å². The van der Waals surface area contributed by atoms with Gasteiger partial charge in [-0.15, -0.1) is 0 Å². The van der Waals surface area contributed by atoms with E-state index in [1.807, 2.05) is 0 Å². The molecular weight excluding hydrogens is 454 g/mol. The lowest BCUT2D eigenvalue weighted by Gasteiger charge is -2.27. The maximum absolute atomic E-state index is 13.0. The zero-order valence-electron chi connectivity index (χ0n) is 20.6. The summed E-state index contributed by atoms with van der Waals surface area (Å²) < 4.78 is 0. The van der Waals surface area contributed by atoms with Crippen LogP contribution in [0.15, 0.2) is 30.3 Å². The molecule has 0 heterocycles. The Morgan fingerprint density at radius 2 is 1.49 bits per heavy atom. The molecule has 5 unspecified atom stereocenters. The molecule has 196 valence electrons. The Morgan fingerprint density at radius 1 is 0.886 bits per heavy atom. The van der Waals surface area contributed by atoms with Gasteiger partial charge in [0.15, 0.2) is 0 Å². The molecular formula is C24H39N5O6. The molecule has 3 amide bonds. The molecule has 0 aromatic heterocycles. The number of carboxylic acid groups (broad SMARTS) is 1. The number of aliphatic hydroxyl groups is 1. The van der Waals surface area contributed by atoms with Gasteiger partial charge in [0.1, 0.15) is 24.2 Å². The molecule has 0 aliphatic rings. The van der Waals surface area contributed by atoms with Gasteiger partial charge in [0.05, 0.1) is 6.10 Å². The van der Waals surface area contributed by atoms with E-state index in [1.165, 1.54) is 6.92 Å². The molecule has 11 heteroatoms. The Hall–Kier alpha value is -3.02. The number of hydrogen-bond acceptors (Lipinski definition) is 7. The molecule has 1 aromatic rings. The van der Waals surface area contributed by atoms with Crippen LogP contribution in [0.5, 0.6) is 0 Å². The number of carbonyl (C=O) groups excluding carboxylic acids is 3. The Morgan fingerprint density at radius 3 is 2.00 bits per heavy atom. The second kappa shape index (κ2) is 15.1. The monoisotopic (exact) mass is 493 g/mol. The van der Waals surface area contributed by atoms with Gasteiger partial charge < -0.3 is 37.6 Å². The van der Waals surface area contributed by atoms with Crippen LogP contribution in [-0.2, 0) is 25.6 Å². The molecule has 0 saturated heterocycles. The van der Waals surface area contributed by atoms with E-state index in [-0.39, 0.29) is 18.8 Å². The predicted molar refractivity (Wildman–Crippen MR) is 131 cm³/mol. The van der Waals surface area contributed by atoms with Gasteiger partial charge >= 0.3 is 5.97 Å². The van der Waals surface area contributed by atoms with Crippen molar-refractivity contribution in [3.63, 3.8) is 0 Å². The third kappa shape index (κ3) is 10.4. The molecule has 5 atom stereocenters. The van der Waals surface area contributed by atoms with Crippen LogP contribution in [0, 0.1) is 5.92 Å². The van der Waals surface area contributed by atoms with Crippen molar-refractivity contribution < 1.29 is 29.4 Å². The highest BCUT2D eigenvalue weighted by atomic mass is 16.4. The number of benzene rings is 1. The van der Waals surface area contributed by atoms with E-state index in [0.29, 0.717) is 19.4 Å². The van der Waals surface area contributed by atoms with E-state index in [4.69, 9.17) is 11.5 Å². The average molecular weight is 494 g/mol. The number of nitrogens with one attached hydrogen (secondary N) is 3. The number of hydrogen-bond donors (Lipinski definition) is 7. The van der Waals surface area contributed by atoms with Crippen molar-refractivity contribution in [3.8, 4) is 0 Å². The van der Waals surface area contributed by atoms with E-state index in [2.05, 4.69) is 16.0 Å². The van der Waals surface area contributed by atoms with Crippen LogP contribution in [-0.4, -0.2) is 70.7 Å². The molecule has 0 spiro atoms. The Kier molecular flexibility index (Phi) is 12.9. The van der Waals surface area contributed by atoms with Crippen LogP contribution in [0.2, 0.25) is 0 Å². The van der Waals surface area contributed by atoms with Gasteiger partial charge in [-0.05, 0) is 44.2 Å². The number of nitrogens with two attached hydrogens (primary N) is 2. The average Bonchev–Trinajstić information content (AvgIpc) is 2.80. The maximum atomic E-state index is 13.0. The van der Waals surface area contributed by atoms with Crippen molar-refractivity contribution in [2.45, 2.75) is 76.7 Å². The van der Waals surface area contributed by atoms with Crippen molar-refractivity contribution in [2.75, 3.05) is 6.54 Å². The first-order valence-electron chi connectivity index (χ1n) is 11.8. The van der Waals surface area contributed by atoms with Crippen molar-refractivity contribution in [2.24, 2.45) is 17.4 Å². The summed E-state index contributed by atoms with van der Waals surface area (Å²) in [5.74, 6) is -3.51. The topological polar surface area (TPSA) is 197 Å². The standard InChI is InChI=1S/C24H39N5O6/c1-14(2)20(29-22(32)19(26)15(3)30)23(33)27-17(11-7-8-12-25)21(31)28-18(24(34)35)13-16-9-5-4-6-10-16/h4-6,9-10,14-15,17-20,30H,7-8,11-13,25-26H2,1-3H3,(H,27,33)(H,28,31)(H,29,32)(H,34,35). The first kappa shape index (κ1) is 30.0. The summed E-state index contributed by atoms with van der Waals surface area (Å²) in [6.45, 7) is 5.18. The minimum absolute atomic E-state index is 0.0767. The van der Waals surface area contributed by atoms with Gasteiger partial charge in [0.2, 0.25) is 17.7 Å². The normalized spacial score (nSPS) is 15.4. The minimum Gasteiger partial charge on any atom is -0.480 e. The summed E-state index contributed by atoms with van der Waals surface area (Å²) in [5.41, 5.74) is 11.9. The second-order valence-electron chi connectivity index (χ2n) is 8.93. The first-order chi connectivity index (χ1) is 16.5. The van der Waals surface area contributed by atoms with E-state index in [1.54, 1.807) is 44.2 Å². The smallest absolute Gasteiger partial charge is 0.326 e. The van der Waals surface area contributed by atoms with Crippen molar-refractivity contribution in [1.29, 1.82) is 0 Å². The number of amides is 3. The molecule has 0 bridgehead atoms. The lowest BCUT2D eigenvalue weighted by Crippen LogP contribution is -2.59. The number of carboxylic acids is 1. The Balaban J connectivity index is 2.98. The Labute approximate surface area is 206 Å². The third-order valence-electron chi connectivity index (χ3n) is 5.55. The van der Waals surface area contributed by atoms with Crippen molar-refractivity contribution in [1.82, 2.24) is 16.0 Å². The summed E-state index contributed by atoms with van der Waals surface area (Å²) in [6, 6.07) is 4.41. The maximum Gasteiger partial charge on any atom is 0.326 e. The van der Waals surface area contributed by atoms with E-state index >= 15 is 0 Å². The highest BCUT2D eigenvalue weighted by Gasteiger charge is 2.32. The number of unbranched alkanes of at least 4 members (excludes halogenated alkanes) is 1. The van der Waals surface area contributed by atoms with Crippen LogP contribution >= 0.6 is 0 Å². The van der Waals surface area contributed by atoms with Crippen LogP contribution in [0.3, 0.4) is 0 Å². The van der Waals surface area contributed by atoms with E-state index < -0.39 is 54.0 Å². The van der Waals surface area contributed by atoms with Crippen LogP contribution in [0.1, 0.15) is 45.6 Å². The largest absolute Gasteiger partial charge is 0.480 e. The Bertz CT molecular complexity index is 833. The van der Waals surface area contributed by atoms with Crippen LogP contribution in [0.4, 0.5) is 0 Å². The quantitative estimate of drug-likeness (QED) is 0.155. The number of aliphatic hydroxyl groups excluding tert-OH is 1. The summed E-state index contributed by atoms with van der Waals surface area (Å²) in [5, 5.41) is 26.8. The SMILES string of the molecule is CC(C)C(NC(=O)C(N)C(C)O)C(=O)NC(CCCCN)C(=O)NC(Cc1ccccc1)C(=O)O. The van der Waals surface area contributed by atoms with Gasteiger partial charge in [-0.2, -0.15) is 0 Å². The summed E-state index contributed by atoms with van der Waals surface area (Å²) in [6.07, 6.45) is 0.334. The molecule has 0 saturated carbocycles. The fraction of sp³-hybridized carbons (Fsp3) is 0.583. The minimum atomic E-state index is -1.22. The molecule has 1 aromatic carbocycles. The van der Waals surface area contributed by atoms with Gasteiger partial charge in [-0.1, -0.05) is 44.2 Å². The molecule has 1 rings (SSSR count). The third-order valence-corrected chi connectivity index (χ3v) is 5.55. The molecule has 9 N–H and O–H groups in total. The predicted octanol–water partition coefficient (Wildman–Crippen LogP) is -0.739. The van der Waals surface area contributed by atoms with E-state index in [0.717, 1.165) is 5.56 Å². The zero-order valence-corrected chi connectivity index (χ0v) is 20.6. The molecule has 0 aliphatic carbocycles. The van der Waals surface area contributed by atoms with Gasteiger partial charge in [0, 0.05) is 6.42 Å². The lowest BCUT2D eigenvalue weighted by molar-refractivity contribution is -0.142. The second-order valence-corrected chi connectivity index (χ2v) is 8.93. The first-order valence-corrected chi connectivity index (χ1v) is 11.8. The van der Waals surface area contributed by atoms with Crippen molar-refractivity contribution >= 4 is 23.7 Å². The number of aliphatic carboxylic acids is 1. The van der Waals surface area contributed by atoms with Gasteiger partial charge in [-0.25, -0.2) is 4.79 Å². The molecule has 11 nitrogen and oxygen atoms in total. The molecule has 0 fully saturated rings. The van der Waals surface area contributed by atoms with Gasteiger partial charge in [0.25, 0.3) is 0 Å². The van der Waals surface area contributed by atoms with Crippen LogP contribution < -0.4 is 27.4 Å². The zero-order chi connectivity index (χ0) is 26.5.